The summed E-state index contributed by atoms with van der Waals surface area (Å²) in [5.74, 6) is -1.06. The maximum atomic E-state index is 13.0. The molecular formula is C17H16FN3O3S. The SMILES string of the molecule is CN(C)S(=O)(=O)c1cccc(C(=O)N[C@@H](C#N)c2ccc(F)cc2)c1. The Kier molecular flexibility index (Phi) is 5.51. The normalized spacial score (nSPS) is 12.4. The number of hydrogen-bond acceptors (Lipinski definition) is 4. The van der Waals surface area contributed by atoms with Gasteiger partial charge in [-0.3, -0.25) is 4.79 Å². The van der Waals surface area contributed by atoms with Crippen LogP contribution in [-0.4, -0.2) is 32.7 Å². The van der Waals surface area contributed by atoms with E-state index in [1.54, 1.807) is 0 Å². The van der Waals surface area contributed by atoms with Crippen molar-refractivity contribution in [3.8, 4) is 6.07 Å². The highest BCUT2D eigenvalue weighted by molar-refractivity contribution is 7.89. The predicted octanol–water partition coefficient (Wildman–Crippen LogP) is 2.07. The number of halogens is 1. The standard InChI is InChI=1S/C17H16FN3O3S/c1-21(2)25(23,24)15-5-3-4-13(10-15)17(22)20-16(11-19)12-6-8-14(18)9-7-12/h3-10,16H,1-2H3,(H,20,22)/t16-/m0/s1. The maximum Gasteiger partial charge on any atom is 0.252 e. The smallest absolute Gasteiger partial charge is 0.252 e. The Labute approximate surface area is 145 Å². The highest BCUT2D eigenvalue weighted by atomic mass is 32.2. The number of rotatable bonds is 5. The van der Waals surface area contributed by atoms with Crippen LogP contribution in [0.4, 0.5) is 4.39 Å². The van der Waals surface area contributed by atoms with Gasteiger partial charge in [0.25, 0.3) is 5.91 Å². The molecule has 8 heteroatoms. The van der Waals surface area contributed by atoms with Crippen LogP contribution >= 0.6 is 0 Å². The molecule has 0 radical (unpaired) electrons. The Morgan fingerprint density at radius 3 is 2.40 bits per heavy atom. The molecule has 1 amide bonds. The molecule has 0 bridgehead atoms. The summed E-state index contributed by atoms with van der Waals surface area (Å²) in [6.07, 6.45) is 0. The molecule has 1 atom stereocenters. The molecule has 0 aliphatic carbocycles. The first-order valence-electron chi connectivity index (χ1n) is 7.24. The molecule has 25 heavy (non-hydrogen) atoms. The van der Waals surface area contributed by atoms with Crippen LogP contribution < -0.4 is 5.32 Å². The Balaban J connectivity index is 2.26. The number of nitrogens with one attached hydrogen (secondary N) is 1. The van der Waals surface area contributed by atoms with E-state index in [2.05, 4.69) is 5.32 Å². The summed E-state index contributed by atoms with van der Waals surface area (Å²) in [6, 6.07) is 11.6. The van der Waals surface area contributed by atoms with Crippen LogP contribution in [0.15, 0.2) is 53.4 Å². The van der Waals surface area contributed by atoms with Gasteiger partial charge in [0, 0.05) is 19.7 Å². The van der Waals surface area contributed by atoms with Crippen molar-refractivity contribution < 1.29 is 17.6 Å². The van der Waals surface area contributed by atoms with Crippen molar-refractivity contribution in [3.05, 3.63) is 65.5 Å². The number of carbonyl (C=O) groups is 1. The van der Waals surface area contributed by atoms with Crippen molar-refractivity contribution in [2.75, 3.05) is 14.1 Å². The zero-order valence-corrected chi connectivity index (χ0v) is 14.4. The van der Waals surface area contributed by atoms with Crippen LogP contribution in [-0.2, 0) is 10.0 Å². The van der Waals surface area contributed by atoms with Crippen molar-refractivity contribution in [2.45, 2.75) is 10.9 Å². The monoisotopic (exact) mass is 361 g/mol. The second-order valence-electron chi connectivity index (χ2n) is 5.40. The van der Waals surface area contributed by atoms with E-state index >= 15 is 0 Å². The van der Waals surface area contributed by atoms with Crippen molar-refractivity contribution in [1.29, 1.82) is 5.26 Å². The number of benzene rings is 2. The third-order valence-electron chi connectivity index (χ3n) is 3.48. The van der Waals surface area contributed by atoms with Crippen molar-refractivity contribution in [2.24, 2.45) is 0 Å². The van der Waals surface area contributed by atoms with E-state index in [1.165, 1.54) is 62.6 Å². The zero-order valence-electron chi connectivity index (χ0n) is 13.6. The van der Waals surface area contributed by atoms with Crippen molar-refractivity contribution in [3.63, 3.8) is 0 Å². The lowest BCUT2D eigenvalue weighted by Crippen LogP contribution is -2.28. The van der Waals surface area contributed by atoms with Gasteiger partial charge in [-0.2, -0.15) is 5.26 Å². The maximum absolute atomic E-state index is 13.0. The van der Waals surface area contributed by atoms with E-state index < -0.39 is 27.8 Å². The molecule has 0 saturated carbocycles. The average Bonchev–Trinajstić information content (AvgIpc) is 2.60. The van der Waals surface area contributed by atoms with Crippen LogP contribution in [0, 0.1) is 17.1 Å². The second kappa shape index (κ2) is 7.42. The Morgan fingerprint density at radius 1 is 1.20 bits per heavy atom. The number of nitrogens with zero attached hydrogens (tertiary/aromatic N) is 2. The van der Waals surface area contributed by atoms with Crippen LogP contribution in [0.25, 0.3) is 0 Å². The van der Waals surface area contributed by atoms with Crippen LogP contribution in [0.2, 0.25) is 0 Å². The number of amides is 1. The molecule has 2 rings (SSSR count). The van der Waals surface area contributed by atoms with E-state index in [4.69, 9.17) is 0 Å². The summed E-state index contributed by atoms with van der Waals surface area (Å²) in [6.45, 7) is 0. The minimum Gasteiger partial charge on any atom is -0.333 e. The number of sulfonamides is 1. The Bertz CT molecular complexity index is 919. The van der Waals surface area contributed by atoms with E-state index in [0.717, 1.165) is 4.31 Å². The highest BCUT2D eigenvalue weighted by Gasteiger charge is 2.20. The fraction of sp³-hybridized carbons (Fsp3) is 0.176. The molecule has 0 fully saturated rings. The summed E-state index contributed by atoms with van der Waals surface area (Å²) < 4.78 is 38.3. The highest BCUT2D eigenvalue weighted by Crippen LogP contribution is 2.17. The largest absolute Gasteiger partial charge is 0.333 e. The van der Waals surface area contributed by atoms with Crippen LogP contribution in [0.5, 0.6) is 0 Å². The fourth-order valence-corrected chi connectivity index (χ4v) is 3.02. The molecule has 0 aliphatic heterocycles. The zero-order chi connectivity index (χ0) is 18.6. The average molecular weight is 361 g/mol. The topological polar surface area (TPSA) is 90.3 Å². The molecule has 2 aromatic rings. The number of hydrogen-bond donors (Lipinski definition) is 1. The first kappa shape index (κ1) is 18.6. The minimum atomic E-state index is -3.68. The minimum absolute atomic E-state index is 0.0274. The molecule has 2 aromatic carbocycles. The molecular weight excluding hydrogens is 345 g/mol. The first-order valence-corrected chi connectivity index (χ1v) is 8.68. The summed E-state index contributed by atoms with van der Waals surface area (Å²) in [7, 11) is -0.895. The summed E-state index contributed by atoms with van der Waals surface area (Å²) in [4.78, 5) is 12.3. The van der Waals surface area contributed by atoms with Crippen LogP contribution in [0.1, 0.15) is 22.0 Å². The van der Waals surface area contributed by atoms with Gasteiger partial charge >= 0.3 is 0 Å². The third-order valence-corrected chi connectivity index (χ3v) is 5.29. The van der Waals surface area contributed by atoms with Gasteiger partial charge in [0.05, 0.1) is 11.0 Å². The number of carbonyl (C=O) groups excluding carboxylic acids is 1. The quantitative estimate of drug-likeness (QED) is 0.883. The van der Waals surface area contributed by atoms with Gasteiger partial charge < -0.3 is 5.32 Å². The second-order valence-corrected chi connectivity index (χ2v) is 7.55. The van der Waals surface area contributed by atoms with Gasteiger partial charge in [0.1, 0.15) is 11.9 Å². The van der Waals surface area contributed by atoms with E-state index in [9.17, 15) is 22.9 Å². The third kappa shape index (κ3) is 4.21. The van der Waals surface area contributed by atoms with Crippen molar-refractivity contribution in [1.82, 2.24) is 9.62 Å². The van der Waals surface area contributed by atoms with Crippen LogP contribution in [0.3, 0.4) is 0 Å². The molecule has 1 N–H and O–H groups in total. The summed E-state index contributed by atoms with van der Waals surface area (Å²) in [5.41, 5.74) is 0.527. The summed E-state index contributed by atoms with van der Waals surface area (Å²) in [5, 5.41) is 11.7. The van der Waals surface area contributed by atoms with E-state index in [1.807, 2.05) is 6.07 Å². The molecule has 0 spiro atoms. The van der Waals surface area contributed by atoms with Gasteiger partial charge in [0.15, 0.2) is 0 Å². The van der Waals surface area contributed by atoms with Gasteiger partial charge in [-0.25, -0.2) is 17.1 Å². The first-order chi connectivity index (χ1) is 11.8. The molecule has 0 aliphatic rings. The lowest BCUT2D eigenvalue weighted by molar-refractivity contribution is 0.0945. The molecule has 130 valence electrons. The molecule has 0 heterocycles. The van der Waals surface area contributed by atoms with Gasteiger partial charge in [-0.05, 0) is 35.9 Å². The molecule has 0 saturated heterocycles. The van der Waals surface area contributed by atoms with E-state index in [-0.39, 0.29) is 10.5 Å². The summed E-state index contributed by atoms with van der Waals surface area (Å²) >= 11 is 0. The fourth-order valence-electron chi connectivity index (χ4n) is 2.07. The molecule has 0 unspecified atom stereocenters. The lowest BCUT2D eigenvalue weighted by atomic mass is 10.1. The Morgan fingerprint density at radius 2 is 1.84 bits per heavy atom. The lowest BCUT2D eigenvalue weighted by Gasteiger charge is -2.14. The van der Waals surface area contributed by atoms with Crippen molar-refractivity contribution >= 4 is 15.9 Å². The predicted molar refractivity (Wildman–Crippen MR) is 89.5 cm³/mol. The Hall–Kier alpha value is -2.76. The molecule has 6 nitrogen and oxygen atoms in total. The van der Waals surface area contributed by atoms with Gasteiger partial charge in [0.2, 0.25) is 10.0 Å². The van der Waals surface area contributed by atoms with E-state index in [0.29, 0.717) is 5.56 Å². The number of nitriles is 1. The molecule has 0 aromatic heterocycles. The van der Waals surface area contributed by atoms with Gasteiger partial charge in [-0.15, -0.1) is 0 Å². The van der Waals surface area contributed by atoms with Gasteiger partial charge in [-0.1, -0.05) is 18.2 Å².